The molecule has 0 aliphatic rings. The topological polar surface area (TPSA) is 69.4 Å². The van der Waals surface area contributed by atoms with Crippen LogP contribution in [-0.4, -0.2) is 23.8 Å². The monoisotopic (exact) mass is 291 g/mol. The minimum absolute atomic E-state index is 0.245. The number of aryl methyl sites for hydroxylation is 1. The summed E-state index contributed by atoms with van der Waals surface area (Å²) in [5.74, 6) is 2.58. The highest BCUT2D eigenvalue weighted by Gasteiger charge is 2.09. The second kappa shape index (κ2) is 7.64. The summed E-state index contributed by atoms with van der Waals surface area (Å²) < 4.78 is 16.1. The second-order valence-corrected chi connectivity index (χ2v) is 4.67. The third kappa shape index (κ3) is 4.46. The average Bonchev–Trinajstić information content (AvgIpc) is 2.92. The first-order chi connectivity index (χ1) is 10.2. The number of nitrogens with zero attached hydrogens (tertiary/aromatic N) is 2. The lowest BCUT2D eigenvalue weighted by Gasteiger charge is -2.12. The molecule has 21 heavy (non-hydrogen) atoms. The fourth-order valence-electron chi connectivity index (χ4n) is 1.88. The molecule has 1 N–H and O–H groups in total. The van der Waals surface area contributed by atoms with Crippen LogP contribution in [0.15, 0.2) is 22.7 Å². The van der Waals surface area contributed by atoms with Crippen LogP contribution in [0.4, 0.5) is 0 Å². The quantitative estimate of drug-likeness (QED) is 0.753. The van der Waals surface area contributed by atoms with Gasteiger partial charge in [0.15, 0.2) is 12.4 Å². The molecule has 2 rings (SSSR count). The number of rotatable bonds is 8. The maximum atomic E-state index is 5.79. The summed E-state index contributed by atoms with van der Waals surface area (Å²) in [6.45, 7) is 5.87. The van der Waals surface area contributed by atoms with E-state index in [4.69, 9.17) is 14.0 Å². The summed E-state index contributed by atoms with van der Waals surface area (Å²) in [6.07, 6.45) is 1.09. The molecule has 0 unspecified atom stereocenters. The Morgan fingerprint density at radius 3 is 2.86 bits per heavy atom. The molecule has 0 saturated carbocycles. The van der Waals surface area contributed by atoms with E-state index in [9.17, 15) is 0 Å². The van der Waals surface area contributed by atoms with Gasteiger partial charge < -0.3 is 19.3 Å². The molecule has 6 nitrogen and oxygen atoms in total. The van der Waals surface area contributed by atoms with Gasteiger partial charge in [-0.25, -0.2) is 0 Å². The van der Waals surface area contributed by atoms with E-state index in [0.717, 1.165) is 36.6 Å². The smallest absolute Gasteiger partial charge is 0.264 e. The van der Waals surface area contributed by atoms with Crippen molar-refractivity contribution in [1.29, 1.82) is 0 Å². The molecule has 0 spiro atoms. The number of hydrogen-bond donors (Lipinski definition) is 1. The SMILES string of the molecule is CCCNCc1ccc(OC)cc1OCc1nc(C)no1. The Morgan fingerprint density at radius 1 is 1.33 bits per heavy atom. The lowest BCUT2D eigenvalue weighted by Crippen LogP contribution is -2.14. The average molecular weight is 291 g/mol. The second-order valence-electron chi connectivity index (χ2n) is 4.67. The van der Waals surface area contributed by atoms with Crippen LogP contribution in [0.5, 0.6) is 11.5 Å². The highest BCUT2D eigenvalue weighted by atomic mass is 16.5. The molecule has 1 aromatic heterocycles. The van der Waals surface area contributed by atoms with E-state index in [1.54, 1.807) is 14.0 Å². The van der Waals surface area contributed by atoms with Crippen molar-refractivity contribution in [3.05, 3.63) is 35.5 Å². The van der Waals surface area contributed by atoms with Gasteiger partial charge in [0.25, 0.3) is 5.89 Å². The molecule has 1 heterocycles. The van der Waals surface area contributed by atoms with Gasteiger partial charge in [0.2, 0.25) is 0 Å². The molecule has 0 aliphatic heterocycles. The van der Waals surface area contributed by atoms with Gasteiger partial charge in [-0.3, -0.25) is 0 Å². The zero-order chi connectivity index (χ0) is 15.1. The highest BCUT2D eigenvalue weighted by molar-refractivity contribution is 5.40. The minimum Gasteiger partial charge on any atom is -0.497 e. The summed E-state index contributed by atoms with van der Waals surface area (Å²) in [6, 6.07) is 5.79. The van der Waals surface area contributed by atoms with Gasteiger partial charge in [0, 0.05) is 18.2 Å². The minimum atomic E-state index is 0.245. The predicted octanol–water partition coefficient (Wildman–Crippen LogP) is 2.47. The van der Waals surface area contributed by atoms with Gasteiger partial charge in [-0.15, -0.1) is 0 Å². The van der Waals surface area contributed by atoms with E-state index in [1.807, 2.05) is 18.2 Å². The molecule has 0 fully saturated rings. The third-order valence-corrected chi connectivity index (χ3v) is 2.94. The summed E-state index contributed by atoms with van der Waals surface area (Å²) in [7, 11) is 1.63. The maximum Gasteiger partial charge on any atom is 0.264 e. The van der Waals surface area contributed by atoms with Crippen LogP contribution in [0.1, 0.15) is 30.6 Å². The Balaban J connectivity index is 2.06. The van der Waals surface area contributed by atoms with Crippen molar-refractivity contribution in [2.75, 3.05) is 13.7 Å². The van der Waals surface area contributed by atoms with Crippen LogP contribution >= 0.6 is 0 Å². The summed E-state index contributed by atoms with van der Waals surface area (Å²) in [5, 5.41) is 7.10. The van der Waals surface area contributed by atoms with Gasteiger partial charge >= 0.3 is 0 Å². The molecule has 6 heteroatoms. The number of ether oxygens (including phenoxy) is 2. The van der Waals surface area contributed by atoms with E-state index in [2.05, 4.69) is 22.4 Å². The van der Waals surface area contributed by atoms with Gasteiger partial charge in [-0.2, -0.15) is 4.98 Å². The molecule has 0 radical (unpaired) electrons. The van der Waals surface area contributed by atoms with Crippen LogP contribution in [0.3, 0.4) is 0 Å². The zero-order valence-corrected chi connectivity index (χ0v) is 12.7. The summed E-state index contributed by atoms with van der Waals surface area (Å²) >= 11 is 0. The number of nitrogens with one attached hydrogen (secondary N) is 1. The van der Waals surface area contributed by atoms with Crippen molar-refractivity contribution in [2.45, 2.75) is 33.4 Å². The first-order valence-electron chi connectivity index (χ1n) is 7.02. The fraction of sp³-hybridized carbons (Fsp3) is 0.467. The Morgan fingerprint density at radius 2 is 2.19 bits per heavy atom. The van der Waals surface area contributed by atoms with E-state index < -0.39 is 0 Å². The number of aromatic nitrogens is 2. The van der Waals surface area contributed by atoms with E-state index in [1.165, 1.54) is 0 Å². The van der Waals surface area contributed by atoms with Crippen LogP contribution in [0, 0.1) is 6.92 Å². The highest BCUT2D eigenvalue weighted by Crippen LogP contribution is 2.25. The van der Waals surface area contributed by atoms with E-state index in [-0.39, 0.29) is 6.61 Å². The van der Waals surface area contributed by atoms with Crippen molar-refractivity contribution in [2.24, 2.45) is 0 Å². The molecule has 0 atom stereocenters. The first kappa shape index (κ1) is 15.3. The molecular weight excluding hydrogens is 270 g/mol. The predicted molar refractivity (Wildman–Crippen MR) is 78.4 cm³/mol. The normalized spacial score (nSPS) is 10.6. The van der Waals surface area contributed by atoms with Crippen LogP contribution in [0.2, 0.25) is 0 Å². The molecule has 1 aromatic carbocycles. The molecule has 0 bridgehead atoms. The van der Waals surface area contributed by atoms with Gasteiger partial charge in [-0.1, -0.05) is 18.1 Å². The first-order valence-corrected chi connectivity index (χ1v) is 7.02. The summed E-state index contributed by atoms with van der Waals surface area (Å²) in [4.78, 5) is 4.12. The van der Waals surface area contributed by atoms with Gasteiger partial charge in [-0.05, 0) is 26.0 Å². The van der Waals surface area contributed by atoms with Crippen molar-refractivity contribution in [3.8, 4) is 11.5 Å². The van der Waals surface area contributed by atoms with E-state index >= 15 is 0 Å². The lowest BCUT2D eigenvalue weighted by atomic mass is 10.2. The lowest BCUT2D eigenvalue weighted by molar-refractivity contribution is 0.239. The molecular formula is C15H21N3O3. The van der Waals surface area contributed by atoms with Crippen molar-refractivity contribution < 1.29 is 14.0 Å². The largest absolute Gasteiger partial charge is 0.497 e. The van der Waals surface area contributed by atoms with Crippen LogP contribution in [0.25, 0.3) is 0 Å². The van der Waals surface area contributed by atoms with Crippen molar-refractivity contribution in [3.63, 3.8) is 0 Å². The third-order valence-electron chi connectivity index (χ3n) is 2.94. The Labute approximate surface area is 124 Å². The van der Waals surface area contributed by atoms with Crippen molar-refractivity contribution in [1.82, 2.24) is 15.5 Å². The number of hydrogen-bond acceptors (Lipinski definition) is 6. The standard InChI is InChI=1S/C15H21N3O3/c1-4-7-16-9-12-5-6-13(19-3)8-14(12)20-10-15-17-11(2)18-21-15/h5-6,8,16H,4,7,9-10H2,1-3H3. The van der Waals surface area contributed by atoms with E-state index in [0.29, 0.717) is 11.7 Å². The van der Waals surface area contributed by atoms with Gasteiger partial charge in [0.05, 0.1) is 7.11 Å². The molecule has 0 amide bonds. The van der Waals surface area contributed by atoms with Crippen molar-refractivity contribution >= 4 is 0 Å². The van der Waals surface area contributed by atoms with Crippen LogP contribution < -0.4 is 14.8 Å². The molecule has 0 aliphatic carbocycles. The molecule has 0 saturated heterocycles. The number of benzene rings is 1. The fourth-order valence-corrected chi connectivity index (χ4v) is 1.88. The zero-order valence-electron chi connectivity index (χ0n) is 12.7. The summed E-state index contributed by atoms with van der Waals surface area (Å²) in [5.41, 5.74) is 1.07. The maximum absolute atomic E-state index is 5.79. The van der Waals surface area contributed by atoms with Crippen LogP contribution in [-0.2, 0) is 13.2 Å². The Hall–Kier alpha value is -2.08. The molecule has 114 valence electrons. The Kier molecular flexibility index (Phi) is 5.57. The van der Waals surface area contributed by atoms with Gasteiger partial charge in [0.1, 0.15) is 11.5 Å². The molecule has 2 aromatic rings. The Bertz CT molecular complexity index is 569. The number of methoxy groups -OCH3 is 1.